The third-order valence-corrected chi connectivity index (χ3v) is 6.88. The van der Waals surface area contributed by atoms with E-state index in [0.717, 1.165) is 10.6 Å². The summed E-state index contributed by atoms with van der Waals surface area (Å²) in [5.74, 6) is -0.872. The molecule has 7 nitrogen and oxygen atoms in total. The number of anilines is 1. The summed E-state index contributed by atoms with van der Waals surface area (Å²) in [5.41, 5.74) is -3.04. The Morgan fingerprint density at radius 3 is 2.54 bits per heavy atom. The van der Waals surface area contributed by atoms with Gasteiger partial charge in [-0.15, -0.1) is 0 Å². The SMILES string of the molecule is Cc1nc(N[C@H](C)c2cccc(C(F)F)c2F)c2cn(C3(C(F)F)CC3)c(=O)c(O[C@H]3CCOC3)c2n1. The molecule has 2 atom stereocenters. The molecule has 0 unspecified atom stereocenters. The van der Waals surface area contributed by atoms with Crippen molar-refractivity contribution >= 4 is 16.7 Å². The number of aryl methyl sites for hydroxylation is 1. The second-order valence-electron chi connectivity index (χ2n) is 9.44. The minimum Gasteiger partial charge on any atom is -0.480 e. The van der Waals surface area contributed by atoms with E-state index in [4.69, 9.17) is 9.47 Å². The van der Waals surface area contributed by atoms with Crippen LogP contribution in [-0.4, -0.2) is 40.3 Å². The molecule has 1 saturated carbocycles. The summed E-state index contributed by atoms with van der Waals surface area (Å²) in [4.78, 5) is 22.2. The van der Waals surface area contributed by atoms with Gasteiger partial charge in [-0.1, -0.05) is 18.2 Å². The number of rotatable bonds is 8. The van der Waals surface area contributed by atoms with E-state index in [-0.39, 0.29) is 53.3 Å². The van der Waals surface area contributed by atoms with Gasteiger partial charge in [0, 0.05) is 18.2 Å². The van der Waals surface area contributed by atoms with E-state index in [9.17, 15) is 26.7 Å². The summed E-state index contributed by atoms with van der Waals surface area (Å²) in [6, 6.07) is 2.87. The molecule has 1 saturated heterocycles. The number of hydrogen-bond acceptors (Lipinski definition) is 6. The number of benzene rings is 1. The predicted molar refractivity (Wildman–Crippen MR) is 125 cm³/mol. The zero-order valence-electron chi connectivity index (χ0n) is 20.1. The van der Waals surface area contributed by atoms with Gasteiger partial charge in [-0.25, -0.2) is 31.9 Å². The number of ether oxygens (including phenoxy) is 2. The van der Waals surface area contributed by atoms with Crippen molar-refractivity contribution in [1.82, 2.24) is 14.5 Å². The summed E-state index contributed by atoms with van der Waals surface area (Å²) in [6.45, 7) is 3.80. The lowest BCUT2D eigenvalue weighted by atomic mass is 10.0. The molecule has 37 heavy (non-hydrogen) atoms. The first-order valence-corrected chi connectivity index (χ1v) is 11.9. The Balaban J connectivity index is 1.65. The molecule has 0 bridgehead atoms. The van der Waals surface area contributed by atoms with Gasteiger partial charge in [0.05, 0.1) is 30.2 Å². The predicted octanol–water partition coefficient (Wildman–Crippen LogP) is 5.27. The number of pyridine rings is 1. The van der Waals surface area contributed by atoms with Crippen LogP contribution in [0.15, 0.2) is 29.2 Å². The minimum absolute atomic E-state index is 0.0265. The number of nitrogens with zero attached hydrogens (tertiary/aromatic N) is 3. The van der Waals surface area contributed by atoms with Crippen molar-refractivity contribution in [2.24, 2.45) is 0 Å². The molecule has 3 heterocycles. The van der Waals surface area contributed by atoms with Crippen LogP contribution in [0.2, 0.25) is 0 Å². The smallest absolute Gasteiger partial charge is 0.295 e. The lowest BCUT2D eigenvalue weighted by molar-refractivity contribution is 0.0643. The van der Waals surface area contributed by atoms with Crippen LogP contribution >= 0.6 is 0 Å². The van der Waals surface area contributed by atoms with Crippen LogP contribution in [0, 0.1) is 12.7 Å². The third-order valence-electron chi connectivity index (χ3n) is 6.88. The van der Waals surface area contributed by atoms with Gasteiger partial charge in [0.15, 0.2) is 0 Å². The summed E-state index contributed by atoms with van der Waals surface area (Å²) >= 11 is 0. The molecule has 1 N–H and O–H groups in total. The molecule has 3 aromatic rings. The number of hydrogen-bond donors (Lipinski definition) is 1. The fraction of sp³-hybridized carbons (Fsp3) is 0.480. The molecule has 1 aliphatic carbocycles. The van der Waals surface area contributed by atoms with Crippen molar-refractivity contribution in [2.75, 3.05) is 18.5 Å². The number of halogens is 5. The van der Waals surface area contributed by atoms with Crippen LogP contribution in [0.25, 0.3) is 10.9 Å². The van der Waals surface area contributed by atoms with Gasteiger partial charge in [-0.3, -0.25) is 9.36 Å². The van der Waals surface area contributed by atoms with Crippen LogP contribution < -0.4 is 15.6 Å². The van der Waals surface area contributed by atoms with Crippen LogP contribution in [0.1, 0.15) is 55.6 Å². The Morgan fingerprint density at radius 1 is 1.19 bits per heavy atom. The van der Waals surface area contributed by atoms with Gasteiger partial charge < -0.3 is 14.8 Å². The molecule has 5 rings (SSSR count). The molecule has 12 heteroatoms. The molecule has 1 aliphatic heterocycles. The zero-order chi connectivity index (χ0) is 26.5. The standard InChI is InChI=1S/C25H25F5N4O3/c1-12(15-4-3-5-16(18(15)26)21(27)28)31-22-17-10-34(25(7-8-25)24(29)30)23(35)20(19(17)32-13(2)33-22)37-14-6-9-36-11-14/h3-5,10,12,14,21,24H,6-9,11H2,1-2H3,(H,31,32,33)/t12-,14+/m1/s1. The molecule has 2 aromatic heterocycles. The van der Waals surface area contributed by atoms with E-state index in [2.05, 4.69) is 15.3 Å². The van der Waals surface area contributed by atoms with Gasteiger partial charge in [0.2, 0.25) is 5.75 Å². The van der Waals surface area contributed by atoms with Crippen LogP contribution in [-0.2, 0) is 10.3 Å². The quantitative estimate of drug-likeness (QED) is 0.405. The molecule has 2 aliphatic rings. The minimum atomic E-state index is -2.99. The monoisotopic (exact) mass is 524 g/mol. The van der Waals surface area contributed by atoms with Crippen molar-refractivity contribution in [3.05, 3.63) is 57.5 Å². The fourth-order valence-corrected chi connectivity index (χ4v) is 4.64. The summed E-state index contributed by atoms with van der Waals surface area (Å²) in [5, 5.41) is 3.21. The number of fused-ring (bicyclic) bond motifs is 1. The van der Waals surface area contributed by atoms with Crippen molar-refractivity contribution in [3.63, 3.8) is 0 Å². The first kappa shape index (κ1) is 25.4. The van der Waals surface area contributed by atoms with Crippen molar-refractivity contribution < 1.29 is 31.4 Å². The number of nitrogens with one attached hydrogen (secondary N) is 1. The van der Waals surface area contributed by atoms with Gasteiger partial charge in [-0.05, 0) is 26.7 Å². The third kappa shape index (κ3) is 4.51. The molecule has 2 fully saturated rings. The van der Waals surface area contributed by atoms with Crippen LogP contribution in [0.5, 0.6) is 5.75 Å². The first-order valence-electron chi connectivity index (χ1n) is 11.9. The highest BCUT2D eigenvalue weighted by atomic mass is 19.3. The van der Waals surface area contributed by atoms with E-state index in [1.165, 1.54) is 18.3 Å². The van der Waals surface area contributed by atoms with Gasteiger partial charge in [-0.2, -0.15) is 0 Å². The lowest BCUT2D eigenvalue weighted by Gasteiger charge is -2.23. The highest BCUT2D eigenvalue weighted by Gasteiger charge is 2.54. The molecular formula is C25H25F5N4O3. The van der Waals surface area contributed by atoms with Gasteiger partial charge in [0.1, 0.15) is 34.6 Å². The topological polar surface area (TPSA) is 78.3 Å². The molecule has 0 spiro atoms. The molecule has 0 amide bonds. The second kappa shape index (κ2) is 9.55. The second-order valence-corrected chi connectivity index (χ2v) is 9.44. The molecule has 1 aromatic carbocycles. The largest absolute Gasteiger partial charge is 0.480 e. The number of alkyl halides is 4. The Kier molecular flexibility index (Phi) is 6.55. The van der Waals surface area contributed by atoms with Gasteiger partial charge in [0.25, 0.3) is 18.4 Å². The van der Waals surface area contributed by atoms with E-state index in [1.807, 2.05) is 0 Å². The van der Waals surface area contributed by atoms with Crippen molar-refractivity contribution in [2.45, 2.75) is 63.6 Å². The van der Waals surface area contributed by atoms with E-state index in [1.54, 1.807) is 13.8 Å². The maximum absolute atomic E-state index is 14.8. The average Bonchev–Trinajstić information content (AvgIpc) is 3.49. The maximum atomic E-state index is 14.8. The lowest BCUT2D eigenvalue weighted by Crippen LogP contribution is -2.37. The Labute approximate surface area is 208 Å². The Morgan fingerprint density at radius 2 is 1.92 bits per heavy atom. The van der Waals surface area contributed by atoms with E-state index >= 15 is 0 Å². The van der Waals surface area contributed by atoms with Crippen molar-refractivity contribution in [3.8, 4) is 5.75 Å². The van der Waals surface area contributed by atoms with Crippen LogP contribution in [0.4, 0.5) is 27.8 Å². The van der Waals surface area contributed by atoms with E-state index in [0.29, 0.717) is 13.0 Å². The van der Waals surface area contributed by atoms with Gasteiger partial charge >= 0.3 is 0 Å². The summed E-state index contributed by atoms with van der Waals surface area (Å²) < 4.78 is 81.7. The average molecular weight is 524 g/mol. The van der Waals surface area contributed by atoms with Crippen LogP contribution in [0.3, 0.4) is 0 Å². The molecular weight excluding hydrogens is 499 g/mol. The Hall–Kier alpha value is -3.28. The first-order chi connectivity index (χ1) is 17.6. The molecule has 198 valence electrons. The molecule has 0 radical (unpaired) electrons. The number of aromatic nitrogens is 3. The fourth-order valence-electron chi connectivity index (χ4n) is 4.64. The summed E-state index contributed by atoms with van der Waals surface area (Å²) in [7, 11) is 0. The zero-order valence-corrected chi connectivity index (χ0v) is 20.1. The maximum Gasteiger partial charge on any atom is 0.295 e. The highest BCUT2D eigenvalue weighted by Crippen LogP contribution is 2.48. The van der Waals surface area contributed by atoms with E-state index < -0.39 is 47.5 Å². The summed E-state index contributed by atoms with van der Waals surface area (Å²) in [6.07, 6.45) is -4.23. The van der Waals surface area contributed by atoms with Crippen molar-refractivity contribution in [1.29, 1.82) is 0 Å². The Bertz CT molecular complexity index is 1390. The highest BCUT2D eigenvalue weighted by molar-refractivity contribution is 5.92. The normalized spacial score (nSPS) is 19.5.